The molecule has 7 nitrogen and oxygen atoms in total. The van der Waals surface area contributed by atoms with Crippen LogP contribution >= 0.6 is 39.1 Å². The molecule has 1 N–H and O–H groups in total. The first kappa shape index (κ1) is 27.0. The smallest absolute Gasteiger partial charge is 0.312 e. The van der Waals surface area contributed by atoms with Gasteiger partial charge in [-0.3, -0.25) is 14.4 Å². The first-order valence-electron chi connectivity index (χ1n) is 11.5. The van der Waals surface area contributed by atoms with Crippen LogP contribution in [-0.4, -0.2) is 41.1 Å². The maximum absolute atomic E-state index is 13.0. The predicted molar refractivity (Wildman–Crippen MR) is 147 cm³/mol. The predicted octanol–water partition coefficient (Wildman–Crippen LogP) is 6.05. The zero-order valence-corrected chi connectivity index (χ0v) is 23.3. The number of hydrogen-bond acceptors (Lipinski definition) is 4. The van der Waals surface area contributed by atoms with E-state index in [2.05, 4.69) is 21.2 Å². The number of nitrogens with one attached hydrogen (secondary N) is 1. The Bertz CT molecular complexity index is 1380. The Kier molecular flexibility index (Phi) is 8.42. The van der Waals surface area contributed by atoms with Crippen LogP contribution in [0.15, 0.2) is 59.1 Å². The highest BCUT2D eigenvalue weighted by Crippen LogP contribution is 2.32. The second kappa shape index (κ2) is 11.5. The number of amides is 3. The highest BCUT2D eigenvalue weighted by molar-refractivity contribution is 9.10. The third-order valence-corrected chi connectivity index (χ3v) is 7.43. The van der Waals surface area contributed by atoms with E-state index < -0.39 is 11.8 Å². The first-order valence-corrected chi connectivity index (χ1v) is 13.0. The van der Waals surface area contributed by atoms with Crippen molar-refractivity contribution in [2.24, 2.45) is 0 Å². The summed E-state index contributed by atoms with van der Waals surface area (Å²) < 4.78 is 6.57. The van der Waals surface area contributed by atoms with Gasteiger partial charge in [-0.25, -0.2) is 0 Å². The highest BCUT2D eigenvalue weighted by Gasteiger charge is 2.29. The molecule has 0 saturated heterocycles. The maximum atomic E-state index is 13.0. The molecule has 0 radical (unpaired) electrons. The van der Waals surface area contributed by atoms with Crippen LogP contribution in [0.25, 0.3) is 0 Å². The molecule has 4 rings (SSSR count). The lowest BCUT2D eigenvalue weighted by Crippen LogP contribution is -2.45. The lowest BCUT2D eigenvalue weighted by Gasteiger charge is -2.31. The van der Waals surface area contributed by atoms with Crippen molar-refractivity contribution in [3.63, 3.8) is 0 Å². The summed E-state index contributed by atoms with van der Waals surface area (Å²) in [7, 11) is 1.60. The standard InChI is InChI=1S/C27H24BrCl2N3O4/c1-16(34)31-25-5-3-4-17-15-33(11-10-21(17)25)27(36)26(35)32(2)14-18-6-7-19(12-22(18)28)37-20-8-9-23(29)24(30)13-20/h3-9,12-13H,10-11,14-15H2,1-2H3,(H,31,34). The van der Waals surface area contributed by atoms with E-state index in [9.17, 15) is 14.4 Å². The van der Waals surface area contributed by atoms with E-state index in [0.29, 0.717) is 41.1 Å². The molecule has 0 bridgehead atoms. The van der Waals surface area contributed by atoms with Crippen LogP contribution in [0, 0.1) is 0 Å². The SMILES string of the molecule is CC(=O)Nc1cccc2c1CCN(C(=O)C(=O)N(C)Cc1ccc(Oc3ccc(Cl)c(Cl)c3)cc1Br)C2. The number of nitrogens with zero attached hydrogens (tertiary/aromatic N) is 2. The average molecular weight is 605 g/mol. The summed E-state index contributed by atoms with van der Waals surface area (Å²) in [5.74, 6) is -0.189. The van der Waals surface area contributed by atoms with Crippen LogP contribution in [0.1, 0.15) is 23.6 Å². The summed E-state index contributed by atoms with van der Waals surface area (Å²) in [6, 6.07) is 16.0. The van der Waals surface area contributed by atoms with Crippen LogP contribution < -0.4 is 10.1 Å². The fourth-order valence-corrected chi connectivity index (χ4v) is 4.88. The summed E-state index contributed by atoms with van der Waals surface area (Å²) in [6.07, 6.45) is 0.556. The largest absolute Gasteiger partial charge is 0.457 e. The van der Waals surface area contributed by atoms with E-state index in [4.69, 9.17) is 27.9 Å². The Morgan fingerprint density at radius 1 is 1.05 bits per heavy atom. The molecular formula is C27H24BrCl2N3O4. The number of fused-ring (bicyclic) bond motifs is 1. The van der Waals surface area contributed by atoms with Gasteiger partial charge >= 0.3 is 11.8 Å². The number of carbonyl (C=O) groups excluding carboxylic acids is 3. The van der Waals surface area contributed by atoms with E-state index in [1.54, 1.807) is 42.3 Å². The van der Waals surface area contributed by atoms with Crippen LogP contribution in [0.5, 0.6) is 11.5 Å². The number of likely N-dealkylation sites (N-methyl/N-ethyl adjacent to an activating group) is 1. The van der Waals surface area contributed by atoms with Crippen LogP contribution in [0.4, 0.5) is 5.69 Å². The average Bonchev–Trinajstić information content (AvgIpc) is 2.86. The minimum atomic E-state index is -0.593. The first-order chi connectivity index (χ1) is 17.6. The van der Waals surface area contributed by atoms with Gasteiger partial charge in [0.25, 0.3) is 0 Å². The monoisotopic (exact) mass is 603 g/mol. The molecule has 0 atom stereocenters. The molecule has 37 heavy (non-hydrogen) atoms. The van der Waals surface area contributed by atoms with Gasteiger partial charge in [0.15, 0.2) is 0 Å². The van der Waals surface area contributed by atoms with Crippen molar-refractivity contribution >= 4 is 62.5 Å². The van der Waals surface area contributed by atoms with Crippen molar-refractivity contribution < 1.29 is 19.1 Å². The molecule has 3 amide bonds. The van der Waals surface area contributed by atoms with Crippen LogP contribution in [0.3, 0.4) is 0 Å². The van der Waals surface area contributed by atoms with Gasteiger partial charge < -0.3 is 19.9 Å². The van der Waals surface area contributed by atoms with Gasteiger partial charge in [0.2, 0.25) is 5.91 Å². The normalized spacial score (nSPS) is 12.5. The molecule has 1 heterocycles. The van der Waals surface area contributed by atoms with Gasteiger partial charge in [-0.15, -0.1) is 0 Å². The number of anilines is 1. The topological polar surface area (TPSA) is 79.0 Å². The second-order valence-electron chi connectivity index (χ2n) is 8.69. The van der Waals surface area contributed by atoms with Gasteiger partial charge in [-0.2, -0.15) is 0 Å². The number of hydrogen-bond donors (Lipinski definition) is 1. The fraction of sp³-hybridized carbons (Fsp3) is 0.222. The lowest BCUT2D eigenvalue weighted by atomic mass is 9.97. The lowest BCUT2D eigenvalue weighted by molar-refractivity contribution is -0.151. The summed E-state index contributed by atoms with van der Waals surface area (Å²) in [4.78, 5) is 40.4. The summed E-state index contributed by atoms with van der Waals surface area (Å²) in [5.41, 5.74) is 3.47. The van der Waals surface area contributed by atoms with E-state index in [1.807, 2.05) is 24.3 Å². The minimum absolute atomic E-state index is 0.149. The zero-order chi connectivity index (χ0) is 26.7. The number of benzene rings is 3. The molecule has 0 unspecified atom stereocenters. The maximum Gasteiger partial charge on any atom is 0.312 e. The Morgan fingerprint density at radius 3 is 2.49 bits per heavy atom. The number of ether oxygens (including phenoxy) is 1. The summed E-state index contributed by atoms with van der Waals surface area (Å²) >= 11 is 15.5. The summed E-state index contributed by atoms with van der Waals surface area (Å²) in [5, 5.41) is 3.67. The number of carbonyl (C=O) groups is 3. The fourth-order valence-electron chi connectivity index (χ4n) is 4.11. The van der Waals surface area contributed by atoms with E-state index in [0.717, 1.165) is 26.9 Å². The molecule has 0 aromatic heterocycles. The van der Waals surface area contributed by atoms with Crippen molar-refractivity contribution in [2.45, 2.75) is 26.4 Å². The van der Waals surface area contributed by atoms with E-state index in [-0.39, 0.29) is 12.5 Å². The molecule has 192 valence electrons. The minimum Gasteiger partial charge on any atom is -0.457 e. The molecule has 3 aromatic rings. The van der Waals surface area contributed by atoms with E-state index >= 15 is 0 Å². The van der Waals surface area contributed by atoms with Gasteiger partial charge in [0.05, 0.1) is 10.0 Å². The van der Waals surface area contributed by atoms with Crippen molar-refractivity contribution in [3.05, 3.63) is 85.8 Å². The molecule has 0 spiro atoms. The van der Waals surface area contributed by atoms with Crippen molar-refractivity contribution in [1.82, 2.24) is 9.80 Å². The third kappa shape index (κ3) is 6.44. The Labute approximate surface area is 233 Å². The third-order valence-electron chi connectivity index (χ3n) is 5.95. The van der Waals surface area contributed by atoms with Crippen molar-refractivity contribution in [3.8, 4) is 11.5 Å². The van der Waals surface area contributed by atoms with E-state index in [1.165, 1.54) is 11.8 Å². The molecule has 10 heteroatoms. The Balaban J connectivity index is 1.39. The molecule has 1 aliphatic heterocycles. The molecule has 1 aliphatic rings. The van der Waals surface area contributed by atoms with Gasteiger partial charge in [0, 0.05) is 49.8 Å². The van der Waals surface area contributed by atoms with Crippen molar-refractivity contribution in [2.75, 3.05) is 18.9 Å². The van der Waals surface area contributed by atoms with Gasteiger partial charge in [0.1, 0.15) is 11.5 Å². The Hall–Kier alpha value is -3.07. The molecular weight excluding hydrogens is 581 g/mol. The van der Waals surface area contributed by atoms with Gasteiger partial charge in [-0.05, 0) is 53.4 Å². The molecule has 0 aliphatic carbocycles. The quantitative estimate of drug-likeness (QED) is 0.360. The highest BCUT2D eigenvalue weighted by atomic mass is 79.9. The van der Waals surface area contributed by atoms with Crippen molar-refractivity contribution in [1.29, 1.82) is 0 Å². The van der Waals surface area contributed by atoms with Crippen LogP contribution in [0.2, 0.25) is 10.0 Å². The zero-order valence-electron chi connectivity index (χ0n) is 20.2. The second-order valence-corrected chi connectivity index (χ2v) is 10.4. The Morgan fingerprint density at radius 2 is 1.78 bits per heavy atom. The molecule has 0 saturated carbocycles. The molecule has 0 fully saturated rings. The summed E-state index contributed by atoms with van der Waals surface area (Å²) in [6.45, 7) is 2.40. The molecule has 3 aromatic carbocycles. The van der Waals surface area contributed by atoms with Crippen LogP contribution in [-0.2, 0) is 33.9 Å². The number of rotatable bonds is 5. The van der Waals surface area contributed by atoms with Gasteiger partial charge in [-0.1, -0.05) is 57.3 Å². The number of halogens is 3.